The Bertz CT molecular complexity index is 1740. The fraction of sp³-hybridized carbons (Fsp3) is 0.290. The molecular weight excluding hydrogens is 476 g/mol. The molecule has 38 heavy (non-hydrogen) atoms. The van der Waals surface area contributed by atoms with Gasteiger partial charge in [0.25, 0.3) is 5.56 Å². The monoisotopic (exact) mass is 504 g/mol. The Labute approximate surface area is 220 Å². The molecule has 2 fully saturated rings. The molecule has 0 bridgehead atoms. The third kappa shape index (κ3) is 2.67. The maximum absolute atomic E-state index is 14.5. The SMILES string of the molecule is Cc1cccc(C)c1N1C(=O)[C@@H]2[C@H](C(C)C)N[C@@]3(c4ccccc4-n4c3nc3ccccc3c4=O)[C@H]2C1=O. The van der Waals surface area contributed by atoms with Crippen LogP contribution in [0.15, 0.2) is 71.5 Å². The summed E-state index contributed by atoms with van der Waals surface area (Å²) in [5.74, 6) is -1.25. The number of rotatable bonds is 2. The number of aryl methyl sites for hydroxylation is 2. The van der Waals surface area contributed by atoms with Crippen molar-refractivity contribution in [3.63, 3.8) is 0 Å². The van der Waals surface area contributed by atoms with E-state index in [0.29, 0.717) is 28.1 Å². The summed E-state index contributed by atoms with van der Waals surface area (Å²) in [6.07, 6.45) is 0. The van der Waals surface area contributed by atoms with E-state index >= 15 is 0 Å². The Morgan fingerprint density at radius 2 is 1.55 bits per heavy atom. The summed E-state index contributed by atoms with van der Waals surface area (Å²) < 4.78 is 1.64. The number of carbonyl (C=O) groups excluding carboxylic acids is 2. The second-order valence-electron chi connectivity index (χ2n) is 11.1. The van der Waals surface area contributed by atoms with Crippen molar-refractivity contribution in [1.29, 1.82) is 0 Å². The van der Waals surface area contributed by atoms with Crippen LogP contribution in [0.1, 0.15) is 36.4 Å². The Balaban J connectivity index is 1.55. The van der Waals surface area contributed by atoms with Gasteiger partial charge in [-0.1, -0.05) is 62.4 Å². The molecule has 1 aromatic heterocycles. The molecule has 2 amide bonds. The van der Waals surface area contributed by atoms with Crippen molar-refractivity contribution in [1.82, 2.24) is 14.9 Å². The van der Waals surface area contributed by atoms with Crippen LogP contribution in [0.25, 0.3) is 16.6 Å². The summed E-state index contributed by atoms with van der Waals surface area (Å²) in [6, 6.07) is 20.5. The molecule has 0 radical (unpaired) electrons. The van der Waals surface area contributed by atoms with E-state index < -0.39 is 17.4 Å². The van der Waals surface area contributed by atoms with E-state index in [2.05, 4.69) is 19.2 Å². The van der Waals surface area contributed by atoms with Gasteiger partial charge in [-0.05, 0) is 49.1 Å². The van der Waals surface area contributed by atoms with E-state index in [4.69, 9.17) is 4.98 Å². The van der Waals surface area contributed by atoms with Crippen molar-refractivity contribution >= 4 is 28.4 Å². The molecule has 3 aromatic carbocycles. The zero-order valence-electron chi connectivity index (χ0n) is 21.7. The van der Waals surface area contributed by atoms with Gasteiger partial charge in [-0.2, -0.15) is 0 Å². The summed E-state index contributed by atoms with van der Waals surface area (Å²) >= 11 is 0. The highest BCUT2D eigenvalue weighted by Gasteiger charge is 2.70. The van der Waals surface area contributed by atoms with Gasteiger partial charge in [0, 0.05) is 11.6 Å². The van der Waals surface area contributed by atoms with Crippen LogP contribution in [-0.2, 0) is 15.1 Å². The fourth-order valence-electron chi connectivity index (χ4n) is 7.10. The predicted molar refractivity (Wildman–Crippen MR) is 145 cm³/mol. The van der Waals surface area contributed by atoms with E-state index in [-0.39, 0.29) is 29.3 Å². The first-order valence-corrected chi connectivity index (χ1v) is 13.1. The van der Waals surface area contributed by atoms with Crippen molar-refractivity contribution in [2.24, 2.45) is 17.8 Å². The number of para-hydroxylation sites is 3. The van der Waals surface area contributed by atoms with Gasteiger partial charge in [-0.15, -0.1) is 0 Å². The number of fused-ring (bicyclic) bond motifs is 8. The number of nitrogens with one attached hydrogen (secondary N) is 1. The van der Waals surface area contributed by atoms with Crippen molar-refractivity contribution in [3.8, 4) is 5.69 Å². The minimum Gasteiger partial charge on any atom is -0.296 e. The van der Waals surface area contributed by atoms with Gasteiger partial charge < -0.3 is 0 Å². The number of imide groups is 1. The van der Waals surface area contributed by atoms with Crippen LogP contribution in [0.2, 0.25) is 0 Å². The molecule has 4 atom stereocenters. The summed E-state index contributed by atoms with van der Waals surface area (Å²) in [4.78, 5) is 49.1. The van der Waals surface area contributed by atoms with Crippen LogP contribution < -0.4 is 15.8 Å². The van der Waals surface area contributed by atoms with Crippen LogP contribution in [0.4, 0.5) is 5.69 Å². The molecule has 4 heterocycles. The van der Waals surface area contributed by atoms with Crippen molar-refractivity contribution in [2.75, 3.05) is 4.90 Å². The number of nitrogens with zero attached hydrogens (tertiary/aromatic N) is 3. The fourth-order valence-corrected chi connectivity index (χ4v) is 7.10. The smallest absolute Gasteiger partial charge is 0.266 e. The van der Waals surface area contributed by atoms with Crippen molar-refractivity contribution in [3.05, 3.63) is 99.6 Å². The number of aromatic nitrogens is 2. The molecule has 190 valence electrons. The van der Waals surface area contributed by atoms with Gasteiger partial charge in [0.15, 0.2) is 0 Å². The number of carbonyl (C=O) groups is 2. The predicted octanol–water partition coefficient (Wildman–Crippen LogP) is 3.99. The second kappa shape index (κ2) is 7.71. The normalized spacial score (nSPS) is 25.5. The standard InChI is InChI=1S/C31H28N4O3/c1-16(2)25-23-24(29(38)35(28(23)37)26-17(3)10-9-11-18(26)4)31(33-25)20-13-6-8-15-22(20)34-27(36)19-12-5-7-14-21(19)32-30(31)34/h5-16,23-25,33H,1-4H3/t23-,24+,25-,31-/m0/s1. The van der Waals surface area contributed by atoms with E-state index in [1.165, 1.54) is 4.90 Å². The van der Waals surface area contributed by atoms with Gasteiger partial charge >= 0.3 is 0 Å². The van der Waals surface area contributed by atoms with Crippen molar-refractivity contribution in [2.45, 2.75) is 39.3 Å². The van der Waals surface area contributed by atoms with Gasteiger partial charge in [0.05, 0.1) is 34.1 Å². The molecule has 3 aliphatic rings. The average molecular weight is 505 g/mol. The first kappa shape index (κ1) is 23.0. The van der Waals surface area contributed by atoms with Crippen LogP contribution >= 0.6 is 0 Å². The zero-order valence-corrected chi connectivity index (χ0v) is 21.7. The third-order valence-corrected chi connectivity index (χ3v) is 8.68. The molecule has 7 nitrogen and oxygen atoms in total. The van der Waals surface area contributed by atoms with E-state index in [1.54, 1.807) is 10.6 Å². The lowest BCUT2D eigenvalue weighted by Gasteiger charge is -2.32. The minimum absolute atomic E-state index is 0.0601. The quantitative estimate of drug-likeness (QED) is 0.418. The summed E-state index contributed by atoms with van der Waals surface area (Å²) in [5.41, 5.74) is 3.21. The topological polar surface area (TPSA) is 84.3 Å². The lowest BCUT2D eigenvalue weighted by molar-refractivity contribution is -0.123. The van der Waals surface area contributed by atoms with Gasteiger partial charge in [0.1, 0.15) is 11.4 Å². The van der Waals surface area contributed by atoms with Crippen LogP contribution in [0, 0.1) is 31.6 Å². The summed E-state index contributed by atoms with van der Waals surface area (Å²) in [5, 5.41) is 4.26. The molecule has 7 heteroatoms. The second-order valence-corrected chi connectivity index (χ2v) is 11.1. The first-order chi connectivity index (χ1) is 18.3. The molecule has 7 rings (SSSR count). The molecule has 0 saturated carbocycles. The largest absolute Gasteiger partial charge is 0.296 e. The lowest BCUT2D eigenvalue weighted by Crippen LogP contribution is -2.51. The summed E-state index contributed by atoms with van der Waals surface area (Å²) in [7, 11) is 0. The number of hydrogen-bond donors (Lipinski definition) is 1. The molecular formula is C31H28N4O3. The third-order valence-electron chi connectivity index (χ3n) is 8.68. The minimum atomic E-state index is -1.11. The Kier molecular flexibility index (Phi) is 4.68. The highest BCUT2D eigenvalue weighted by molar-refractivity contribution is 6.24. The molecule has 3 aliphatic heterocycles. The number of anilines is 1. The Hall–Kier alpha value is -4.10. The van der Waals surface area contributed by atoms with Crippen LogP contribution in [0.5, 0.6) is 0 Å². The van der Waals surface area contributed by atoms with Gasteiger partial charge in [0.2, 0.25) is 11.8 Å². The van der Waals surface area contributed by atoms with E-state index in [1.807, 2.05) is 74.5 Å². The lowest BCUT2D eigenvalue weighted by atomic mass is 9.75. The van der Waals surface area contributed by atoms with E-state index in [0.717, 1.165) is 16.7 Å². The number of amides is 2. The highest BCUT2D eigenvalue weighted by Crippen LogP contribution is 2.56. The maximum Gasteiger partial charge on any atom is 0.266 e. The van der Waals surface area contributed by atoms with Crippen molar-refractivity contribution < 1.29 is 9.59 Å². The average Bonchev–Trinajstić information content (AvgIpc) is 3.49. The van der Waals surface area contributed by atoms with Gasteiger partial charge in [-0.3, -0.25) is 24.3 Å². The van der Waals surface area contributed by atoms with Crippen LogP contribution in [0.3, 0.4) is 0 Å². The first-order valence-electron chi connectivity index (χ1n) is 13.1. The highest BCUT2D eigenvalue weighted by atomic mass is 16.2. The molecule has 0 unspecified atom stereocenters. The van der Waals surface area contributed by atoms with E-state index in [9.17, 15) is 14.4 Å². The van der Waals surface area contributed by atoms with Crippen LogP contribution in [-0.4, -0.2) is 27.4 Å². The molecule has 4 aromatic rings. The maximum atomic E-state index is 14.5. The summed E-state index contributed by atoms with van der Waals surface area (Å²) in [6.45, 7) is 7.99. The van der Waals surface area contributed by atoms with Gasteiger partial charge in [-0.25, -0.2) is 9.88 Å². The molecule has 0 aliphatic carbocycles. The zero-order chi connectivity index (χ0) is 26.5. The number of benzene rings is 3. The Morgan fingerprint density at radius 3 is 2.29 bits per heavy atom. The molecule has 1 N–H and O–H groups in total. The molecule has 2 saturated heterocycles. The number of hydrogen-bond acceptors (Lipinski definition) is 5. The molecule has 1 spiro atoms. The Morgan fingerprint density at radius 1 is 0.868 bits per heavy atom.